The van der Waals surface area contributed by atoms with E-state index in [1.54, 1.807) is 0 Å². The van der Waals surface area contributed by atoms with Crippen LogP contribution in [-0.4, -0.2) is 0 Å². The molecule has 0 spiro atoms. The van der Waals surface area contributed by atoms with Gasteiger partial charge < -0.3 is 0 Å². The van der Waals surface area contributed by atoms with E-state index in [1.165, 1.54) is 5.57 Å². The number of hydrogen-bond acceptors (Lipinski definition) is 0. The maximum Gasteiger partial charge on any atom is -0.00235 e. The fourth-order valence-electron chi connectivity index (χ4n) is 0.300. The summed E-state index contributed by atoms with van der Waals surface area (Å²) >= 11 is 0. The van der Waals surface area contributed by atoms with Crippen molar-refractivity contribution in [2.45, 2.75) is 6.92 Å². The van der Waals surface area contributed by atoms with E-state index in [0.29, 0.717) is 0 Å². The van der Waals surface area contributed by atoms with Gasteiger partial charge in [-0.2, -0.15) is 0 Å². The highest BCUT2D eigenvalue weighted by Gasteiger charge is 1.93. The Morgan fingerprint density at radius 1 is 1.57 bits per heavy atom. The Morgan fingerprint density at radius 2 is 2.29 bits per heavy atom. The highest BCUT2D eigenvalue weighted by Crippen LogP contribution is 2.11. The third-order valence-electron chi connectivity index (χ3n) is 0.742. The van der Waals surface area contributed by atoms with Gasteiger partial charge in [-0.05, 0) is 18.6 Å². The predicted octanol–water partition coefficient (Wildman–Crippen LogP) is 1.51. The lowest BCUT2D eigenvalue weighted by molar-refractivity contribution is 1.89. The van der Waals surface area contributed by atoms with Crippen LogP contribution in [0.3, 0.4) is 0 Å². The summed E-state index contributed by atoms with van der Waals surface area (Å²) in [6.45, 7) is 1.83. The number of rotatable bonds is 0. The summed E-state index contributed by atoms with van der Waals surface area (Å²) in [6.07, 6.45) is 5.97. The standard InChI is InChI=1S/C7H6/c1-2-3-4-7-5-6-7/h4-6H,1H3. The van der Waals surface area contributed by atoms with Crippen LogP contribution in [0.2, 0.25) is 0 Å². The number of hydrogen-bond donors (Lipinski definition) is 0. The minimum absolute atomic E-state index is 1.26. The molecular formula is C7H6. The molecule has 0 aromatic heterocycles. The molecule has 0 heterocycles. The molecule has 1 rings (SSSR count). The molecular weight excluding hydrogens is 84.1 g/mol. The van der Waals surface area contributed by atoms with Crippen molar-refractivity contribution < 1.29 is 0 Å². The molecule has 0 aromatic rings. The molecule has 0 N–H and O–H groups in total. The third kappa shape index (κ3) is 1.28. The Labute approximate surface area is 43.5 Å². The summed E-state index contributed by atoms with van der Waals surface area (Å²) in [5.41, 5.74) is 1.26. The lowest BCUT2D eigenvalue weighted by Gasteiger charge is -1.60. The number of allylic oxidation sites excluding steroid dienone is 4. The van der Waals surface area contributed by atoms with Crippen molar-refractivity contribution in [3.63, 3.8) is 0 Å². The average Bonchev–Trinajstić information content (AvgIpc) is 2.42. The molecule has 0 fully saturated rings. The molecule has 0 saturated heterocycles. The van der Waals surface area contributed by atoms with Crippen LogP contribution >= 0.6 is 0 Å². The van der Waals surface area contributed by atoms with Crippen molar-refractivity contribution >= 4 is 0 Å². The summed E-state index contributed by atoms with van der Waals surface area (Å²) in [5, 5.41) is 0. The summed E-state index contributed by atoms with van der Waals surface area (Å²) < 4.78 is 0. The topological polar surface area (TPSA) is 0 Å². The van der Waals surface area contributed by atoms with E-state index in [1.807, 2.05) is 25.2 Å². The quantitative estimate of drug-likeness (QED) is 0.395. The molecule has 0 bridgehead atoms. The molecule has 1 aliphatic rings. The molecule has 0 aromatic carbocycles. The Morgan fingerprint density at radius 3 is 2.71 bits per heavy atom. The normalized spacial score (nSPS) is 12.4. The van der Waals surface area contributed by atoms with Gasteiger partial charge in [0.05, 0.1) is 0 Å². The van der Waals surface area contributed by atoms with Crippen LogP contribution in [-0.2, 0) is 0 Å². The van der Waals surface area contributed by atoms with Gasteiger partial charge in [0, 0.05) is 0 Å². The van der Waals surface area contributed by atoms with Gasteiger partial charge in [-0.25, -0.2) is 0 Å². The van der Waals surface area contributed by atoms with E-state index in [9.17, 15) is 0 Å². The molecule has 0 atom stereocenters. The molecule has 0 unspecified atom stereocenters. The Balaban J connectivity index is 2.43. The summed E-state index contributed by atoms with van der Waals surface area (Å²) in [7, 11) is 0. The maximum absolute atomic E-state index is 2.84. The van der Waals surface area contributed by atoms with Crippen molar-refractivity contribution in [1.82, 2.24) is 0 Å². The van der Waals surface area contributed by atoms with Crippen LogP contribution < -0.4 is 0 Å². The molecule has 34 valence electrons. The largest absolute Gasteiger partial charge is 0.102 e. The van der Waals surface area contributed by atoms with Gasteiger partial charge in [-0.3, -0.25) is 0 Å². The highest BCUT2D eigenvalue weighted by atomic mass is 14.0. The van der Waals surface area contributed by atoms with E-state index in [-0.39, 0.29) is 0 Å². The molecule has 0 aliphatic heterocycles. The van der Waals surface area contributed by atoms with Gasteiger partial charge in [0.25, 0.3) is 0 Å². The van der Waals surface area contributed by atoms with E-state index >= 15 is 0 Å². The van der Waals surface area contributed by atoms with E-state index < -0.39 is 0 Å². The first kappa shape index (κ1) is 4.21. The molecule has 0 heteroatoms. The molecule has 0 saturated carbocycles. The van der Waals surface area contributed by atoms with Gasteiger partial charge in [-0.15, -0.1) is 5.92 Å². The molecule has 7 heavy (non-hydrogen) atoms. The zero-order valence-corrected chi connectivity index (χ0v) is 4.23. The van der Waals surface area contributed by atoms with Crippen LogP contribution in [0, 0.1) is 11.8 Å². The van der Waals surface area contributed by atoms with Crippen molar-refractivity contribution in [2.24, 2.45) is 0 Å². The summed E-state index contributed by atoms with van der Waals surface area (Å²) in [4.78, 5) is 0. The summed E-state index contributed by atoms with van der Waals surface area (Å²) in [5.74, 6) is 5.61. The van der Waals surface area contributed by atoms with Crippen LogP contribution in [0.1, 0.15) is 6.92 Å². The first-order valence-electron chi connectivity index (χ1n) is 2.24. The van der Waals surface area contributed by atoms with Crippen molar-refractivity contribution in [2.75, 3.05) is 0 Å². The van der Waals surface area contributed by atoms with E-state index in [0.717, 1.165) is 0 Å². The van der Waals surface area contributed by atoms with Crippen LogP contribution in [0.5, 0.6) is 0 Å². The second-order valence-corrected chi connectivity index (χ2v) is 1.37. The van der Waals surface area contributed by atoms with Crippen LogP contribution in [0.25, 0.3) is 0 Å². The molecule has 0 amide bonds. The Hall–Kier alpha value is -0.960. The zero-order valence-electron chi connectivity index (χ0n) is 4.23. The SMILES string of the molecule is CC#CC=C1C=C1. The van der Waals surface area contributed by atoms with Crippen LogP contribution in [0.4, 0.5) is 0 Å². The minimum atomic E-state index is 1.26. The average molecular weight is 90.1 g/mol. The third-order valence-corrected chi connectivity index (χ3v) is 0.742. The van der Waals surface area contributed by atoms with Gasteiger partial charge in [0.1, 0.15) is 0 Å². The fraction of sp³-hybridized carbons (Fsp3) is 0.143. The smallest absolute Gasteiger partial charge is 0.00235 e. The maximum atomic E-state index is 2.84. The lowest BCUT2D eigenvalue weighted by Crippen LogP contribution is -1.46. The highest BCUT2D eigenvalue weighted by molar-refractivity contribution is 5.49. The fourth-order valence-corrected chi connectivity index (χ4v) is 0.300. The van der Waals surface area contributed by atoms with Gasteiger partial charge in [0.2, 0.25) is 0 Å². The van der Waals surface area contributed by atoms with Crippen molar-refractivity contribution in [3.05, 3.63) is 23.8 Å². The van der Waals surface area contributed by atoms with E-state index in [4.69, 9.17) is 0 Å². The van der Waals surface area contributed by atoms with Gasteiger partial charge in [0.15, 0.2) is 0 Å². The van der Waals surface area contributed by atoms with Crippen LogP contribution in [0.15, 0.2) is 23.8 Å². The van der Waals surface area contributed by atoms with Crippen molar-refractivity contribution in [1.29, 1.82) is 0 Å². The van der Waals surface area contributed by atoms with Gasteiger partial charge >= 0.3 is 0 Å². The predicted molar refractivity (Wildman–Crippen MR) is 30.7 cm³/mol. The Bertz CT molecular complexity index is 164. The first-order valence-corrected chi connectivity index (χ1v) is 2.24. The molecule has 0 radical (unpaired) electrons. The molecule has 1 aliphatic carbocycles. The second-order valence-electron chi connectivity index (χ2n) is 1.37. The van der Waals surface area contributed by atoms with Crippen molar-refractivity contribution in [3.8, 4) is 11.8 Å². The minimum Gasteiger partial charge on any atom is -0.102 e. The molecule has 0 nitrogen and oxygen atoms in total. The Kier molecular flexibility index (Phi) is 0.997. The second kappa shape index (κ2) is 1.66. The zero-order chi connectivity index (χ0) is 5.11. The van der Waals surface area contributed by atoms with Gasteiger partial charge in [-0.1, -0.05) is 18.1 Å². The monoisotopic (exact) mass is 90.0 g/mol. The lowest BCUT2D eigenvalue weighted by atomic mass is 10.4. The first-order chi connectivity index (χ1) is 3.43. The van der Waals surface area contributed by atoms with E-state index in [2.05, 4.69) is 11.8 Å². The summed E-state index contributed by atoms with van der Waals surface area (Å²) in [6, 6.07) is 0.